The molecule has 0 aromatic carbocycles. The minimum absolute atomic E-state index is 0.113. The van der Waals surface area contributed by atoms with Crippen LogP contribution in [0.3, 0.4) is 0 Å². The Morgan fingerprint density at radius 3 is 2.76 bits per heavy atom. The lowest BCUT2D eigenvalue weighted by molar-refractivity contribution is -0.127. The number of hydrogen-bond donors (Lipinski definition) is 1. The van der Waals surface area contributed by atoms with Gasteiger partial charge in [-0.05, 0) is 26.8 Å². The monoisotopic (exact) mass is 234 g/mol. The van der Waals surface area contributed by atoms with Gasteiger partial charge in [0.05, 0.1) is 0 Å². The fourth-order valence-corrected chi connectivity index (χ4v) is 1.87. The Morgan fingerprint density at radius 2 is 2.24 bits per heavy atom. The van der Waals surface area contributed by atoms with Crippen LogP contribution in [0.2, 0.25) is 0 Å². The molecular formula is C14H22N2O. The summed E-state index contributed by atoms with van der Waals surface area (Å²) in [5, 5.41) is 3.33. The Hall–Kier alpha value is -1.35. The summed E-state index contributed by atoms with van der Waals surface area (Å²) < 4.78 is 0. The van der Waals surface area contributed by atoms with Gasteiger partial charge in [-0.3, -0.25) is 4.79 Å². The average Bonchev–Trinajstić information content (AvgIpc) is 2.34. The average molecular weight is 234 g/mol. The van der Waals surface area contributed by atoms with Crippen molar-refractivity contribution < 1.29 is 4.79 Å². The normalized spacial score (nSPS) is 22.5. The summed E-state index contributed by atoms with van der Waals surface area (Å²) in [6.07, 6.45) is 5.52. The SMILES string of the molecule is C=C/C(C)=C\C(=C/C)C(=O)N1CCNC(C)C1. The van der Waals surface area contributed by atoms with Crippen LogP contribution in [0.1, 0.15) is 20.8 Å². The molecule has 0 saturated carbocycles. The maximum atomic E-state index is 12.3. The topological polar surface area (TPSA) is 32.3 Å². The highest BCUT2D eigenvalue weighted by atomic mass is 16.2. The zero-order valence-electron chi connectivity index (χ0n) is 11.0. The molecule has 1 N–H and O–H groups in total. The molecule has 94 valence electrons. The van der Waals surface area contributed by atoms with Crippen LogP contribution in [-0.4, -0.2) is 36.5 Å². The van der Waals surface area contributed by atoms with Crippen LogP contribution < -0.4 is 5.32 Å². The number of amides is 1. The lowest BCUT2D eigenvalue weighted by Gasteiger charge is -2.32. The van der Waals surface area contributed by atoms with Crippen molar-refractivity contribution in [2.45, 2.75) is 26.8 Å². The standard InChI is InChI=1S/C14H22N2O/c1-5-11(3)9-13(6-2)14(17)16-8-7-15-12(4)10-16/h5-6,9,12,15H,1,7-8,10H2,2-4H3/b11-9-,13-6+. The fraction of sp³-hybridized carbons (Fsp3) is 0.500. The van der Waals surface area contributed by atoms with E-state index in [1.54, 1.807) is 6.08 Å². The molecule has 0 aliphatic carbocycles. The summed E-state index contributed by atoms with van der Waals surface area (Å²) in [4.78, 5) is 14.2. The lowest BCUT2D eigenvalue weighted by Crippen LogP contribution is -2.51. The van der Waals surface area contributed by atoms with Gasteiger partial charge in [0.15, 0.2) is 0 Å². The third-order valence-electron chi connectivity index (χ3n) is 2.92. The molecule has 3 heteroatoms. The summed E-state index contributed by atoms with van der Waals surface area (Å²) in [6.45, 7) is 12.1. The highest BCUT2D eigenvalue weighted by Crippen LogP contribution is 2.10. The molecule has 0 spiro atoms. The molecule has 1 rings (SSSR count). The number of piperazine rings is 1. The van der Waals surface area contributed by atoms with Crippen molar-refractivity contribution in [3.05, 3.63) is 36.0 Å². The van der Waals surface area contributed by atoms with Crippen molar-refractivity contribution in [2.24, 2.45) is 0 Å². The van der Waals surface area contributed by atoms with Gasteiger partial charge in [0.1, 0.15) is 0 Å². The zero-order valence-corrected chi connectivity index (χ0v) is 11.0. The van der Waals surface area contributed by atoms with E-state index in [4.69, 9.17) is 0 Å². The number of carbonyl (C=O) groups excluding carboxylic acids is 1. The Labute approximate surface area is 104 Å². The van der Waals surface area contributed by atoms with Crippen LogP contribution in [-0.2, 0) is 4.79 Å². The second-order valence-corrected chi connectivity index (χ2v) is 4.44. The van der Waals surface area contributed by atoms with Gasteiger partial charge in [-0.1, -0.05) is 24.3 Å². The fourth-order valence-electron chi connectivity index (χ4n) is 1.87. The van der Waals surface area contributed by atoms with E-state index in [2.05, 4.69) is 18.8 Å². The molecular weight excluding hydrogens is 212 g/mol. The number of allylic oxidation sites excluding steroid dienone is 3. The van der Waals surface area contributed by atoms with Crippen molar-refractivity contribution in [3.8, 4) is 0 Å². The molecule has 0 aromatic heterocycles. The van der Waals surface area contributed by atoms with E-state index < -0.39 is 0 Å². The molecule has 1 saturated heterocycles. The Balaban J connectivity index is 2.76. The van der Waals surface area contributed by atoms with Crippen LogP contribution in [0.15, 0.2) is 36.0 Å². The van der Waals surface area contributed by atoms with Crippen LogP contribution in [0.4, 0.5) is 0 Å². The molecule has 3 nitrogen and oxygen atoms in total. The first-order valence-electron chi connectivity index (χ1n) is 6.08. The number of nitrogens with one attached hydrogen (secondary N) is 1. The molecule has 1 atom stereocenters. The summed E-state index contributed by atoms with van der Waals surface area (Å²) in [5.74, 6) is 0.113. The van der Waals surface area contributed by atoms with Crippen molar-refractivity contribution in [3.63, 3.8) is 0 Å². The van der Waals surface area contributed by atoms with E-state index >= 15 is 0 Å². The van der Waals surface area contributed by atoms with E-state index in [1.165, 1.54) is 0 Å². The molecule has 0 radical (unpaired) electrons. The van der Waals surface area contributed by atoms with E-state index in [9.17, 15) is 4.79 Å². The highest BCUT2D eigenvalue weighted by molar-refractivity contribution is 5.96. The Bertz CT molecular complexity index is 355. The third kappa shape index (κ3) is 3.86. The van der Waals surface area contributed by atoms with Gasteiger partial charge in [0, 0.05) is 31.2 Å². The van der Waals surface area contributed by atoms with Crippen LogP contribution >= 0.6 is 0 Å². The lowest BCUT2D eigenvalue weighted by atomic mass is 10.1. The maximum Gasteiger partial charge on any atom is 0.253 e. The van der Waals surface area contributed by atoms with Crippen LogP contribution in [0.5, 0.6) is 0 Å². The smallest absolute Gasteiger partial charge is 0.253 e. The first kappa shape index (κ1) is 13.7. The quantitative estimate of drug-likeness (QED) is 0.597. The maximum absolute atomic E-state index is 12.3. The second-order valence-electron chi connectivity index (χ2n) is 4.44. The number of nitrogens with zero attached hydrogens (tertiary/aromatic N) is 1. The van der Waals surface area contributed by atoms with Gasteiger partial charge in [-0.2, -0.15) is 0 Å². The van der Waals surface area contributed by atoms with E-state index in [0.717, 1.165) is 30.8 Å². The largest absolute Gasteiger partial charge is 0.336 e. The molecule has 1 unspecified atom stereocenters. The summed E-state index contributed by atoms with van der Waals surface area (Å²) in [5.41, 5.74) is 1.76. The number of rotatable bonds is 3. The molecule has 1 aliphatic heterocycles. The highest BCUT2D eigenvalue weighted by Gasteiger charge is 2.21. The van der Waals surface area contributed by atoms with Crippen LogP contribution in [0.25, 0.3) is 0 Å². The van der Waals surface area contributed by atoms with Crippen molar-refractivity contribution >= 4 is 5.91 Å². The van der Waals surface area contributed by atoms with Crippen molar-refractivity contribution in [1.82, 2.24) is 10.2 Å². The summed E-state index contributed by atoms with van der Waals surface area (Å²) >= 11 is 0. The van der Waals surface area contributed by atoms with E-state index in [1.807, 2.05) is 30.9 Å². The molecule has 0 bridgehead atoms. The predicted octanol–water partition coefficient (Wildman–Crippen LogP) is 1.89. The minimum Gasteiger partial charge on any atom is -0.336 e. The Morgan fingerprint density at radius 1 is 1.53 bits per heavy atom. The number of hydrogen-bond acceptors (Lipinski definition) is 2. The van der Waals surface area contributed by atoms with Gasteiger partial charge < -0.3 is 10.2 Å². The molecule has 1 fully saturated rings. The van der Waals surface area contributed by atoms with Gasteiger partial charge in [-0.15, -0.1) is 0 Å². The number of carbonyl (C=O) groups is 1. The predicted molar refractivity (Wildman–Crippen MR) is 71.8 cm³/mol. The summed E-state index contributed by atoms with van der Waals surface area (Å²) in [7, 11) is 0. The molecule has 17 heavy (non-hydrogen) atoms. The molecule has 0 aromatic rings. The second kappa shape index (κ2) is 6.40. The zero-order chi connectivity index (χ0) is 12.8. The minimum atomic E-state index is 0.113. The first-order chi connectivity index (χ1) is 8.08. The first-order valence-corrected chi connectivity index (χ1v) is 6.08. The molecule has 1 heterocycles. The Kier molecular flexibility index (Phi) is 5.16. The van der Waals surface area contributed by atoms with Gasteiger partial charge in [0.2, 0.25) is 0 Å². The van der Waals surface area contributed by atoms with Gasteiger partial charge in [0.25, 0.3) is 5.91 Å². The van der Waals surface area contributed by atoms with Gasteiger partial charge in [-0.25, -0.2) is 0 Å². The summed E-state index contributed by atoms with van der Waals surface area (Å²) in [6, 6.07) is 0.371. The molecule has 1 aliphatic rings. The third-order valence-corrected chi connectivity index (χ3v) is 2.92. The van der Waals surface area contributed by atoms with Gasteiger partial charge >= 0.3 is 0 Å². The van der Waals surface area contributed by atoms with Crippen LogP contribution in [0, 0.1) is 0 Å². The van der Waals surface area contributed by atoms with E-state index in [0.29, 0.717) is 6.04 Å². The molecule has 1 amide bonds. The van der Waals surface area contributed by atoms with E-state index in [-0.39, 0.29) is 5.91 Å². The van der Waals surface area contributed by atoms with Crippen molar-refractivity contribution in [1.29, 1.82) is 0 Å². The van der Waals surface area contributed by atoms with Crippen molar-refractivity contribution in [2.75, 3.05) is 19.6 Å².